The maximum absolute atomic E-state index is 14.0. The van der Waals surface area contributed by atoms with Gasteiger partial charge in [-0.2, -0.15) is 0 Å². The van der Waals surface area contributed by atoms with Crippen molar-refractivity contribution in [2.24, 2.45) is 5.73 Å². The number of nitrogens with one attached hydrogen (secondary N) is 1. The number of hydrogen-bond donors (Lipinski definition) is 2. The van der Waals surface area contributed by atoms with Crippen molar-refractivity contribution in [2.75, 3.05) is 0 Å². The van der Waals surface area contributed by atoms with Crippen LogP contribution in [0.25, 0.3) is 11.1 Å². The van der Waals surface area contributed by atoms with Gasteiger partial charge in [-0.3, -0.25) is 5.41 Å². The topological polar surface area (TPSA) is 49.9 Å². The van der Waals surface area contributed by atoms with Gasteiger partial charge >= 0.3 is 0 Å². The Bertz CT molecular complexity index is 634. The van der Waals surface area contributed by atoms with Crippen molar-refractivity contribution in [1.29, 1.82) is 5.41 Å². The van der Waals surface area contributed by atoms with Gasteiger partial charge in [-0.05, 0) is 23.6 Å². The summed E-state index contributed by atoms with van der Waals surface area (Å²) in [6.07, 6.45) is 2.00. The number of nitrogens with two attached hydrogens (primary N) is 1. The predicted molar refractivity (Wildman–Crippen MR) is 76.8 cm³/mol. The maximum atomic E-state index is 14.0. The Labute approximate surface area is 116 Å². The van der Waals surface area contributed by atoms with Crippen LogP contribution in [0.4, 0.5) is 8.78 Å². The second-order valence-corrected chi connectivity index (χ2v) is 4.65. The SMILES string of the molecule is CCCc1ccc(-c2ccc(C(=N)N)c(F)c2F)cc1. The number of rotatable bonds is 4. The summed E-state index contributed by atoms with van der Waals surface area (Å²) in [7, 11) is 0. The van der Waals surface area contributed by atoms with Gasteiger partial charge in [0.15, 0.2) is 11.6 Å². The average Bonchev–Trinajstić information content (AvgIpc) is 2.43. The van der Waals surface area contributed by atoms with E-state index in [-0.39, 0.29) is 11.1 Å². The molecular weight excluding hydrogens is 258 g/mol. The number of amidine groups is 1. The van der Waals surface area contributed by atoms with E-state index in [1.807, 2.05) is 12.1 Å². The highest BCUT2D eigenvalue weighted by molar-refractivity contribution is 5.95. The van der Waals surface area contributed by atoms with Crippen molar-refractivity contribution < 1.29 is 8.78 Å². The minimum atomic E-state index is -1.08. The molecule has 0 aromatic heterocycles. The lowest BCUT2D eigenvalue weighted by Crippen LogP contribution is -2.14. The average molecular weight is 274 g/mol. The Morgan fingerprint density at radius 1 is 1.05 bits per heavy atom. The summed E-state index contributed by atoms with van der Waals surface area (Å²) in [6.45, 7) is 2.09. The summed E-state index contributed by atoms with van der Waals surface area (Å²) in [5.41, 5.74) is 6.94. The van der Waals surface area contributed by atoms with Crippen LogP contribution in [0, 0.1) is 17.0 Å². The lowest BCUT2D eigenvalue weighted by atomic mass is 10.00. The van der Waals surface area contributed by atoms with E-state index in [0.717, 1.165) is 18.4 Å². The van der Waals surface area contributed by atoms with Crippen LogP contribution in [0.3, 0.4) is 0 Å². The Morgan fingerprint density at radius 2 is 1.70 bits per heavy atom. The van der Waals surface area contributed by atoms with Crippen LogP contribution in [0.1, 0.15) is 24.5 Å². The van der Waals surface area contributed by atoms with Gasteiger partial charge in [-0.1, -0.05) is 43.7 Å². The lowest BCUT2D eigenvalue weighted by Gasteiger charge is -2.08. The Hall–Kier alpha value is -2.23. The van der Waals surface area contributed by atoms with E-state index >= 15 is 0 Å². The second kappa shape index (κ2) is 5.82. The summed E-state index contributed by atoms with van der Waals surface area (Å²) in [4.78, 5) is 0. The molecule has 0 aliphatic rings. The largest absolute Gasteiger partial charge is 0.384 e. The monoisotopic (exact) mass is 274 g/mol. The zero-order chi connectivity index (χ0) is 14.7. The minimum Gasteiger partial charge on any atom is -0.384 e. The Morgan fingerprint density at radius 3 is 2.25 bits per heavy atom. The van der Waals surface area contributed by atoms with Crippen molar-refractivity contribution in [3.63, 3.8) is 0 Å². The highest BCUT2D eigenvalue weighted by atomic mass is 19.2. The first-order chi connectivity index (χ1) is 9.54. The third-order valence-electron chi connectivity index (χ3n) is 3.18. The van der Waals surface area contributed by atoms with E-state index in [2.05, 4.69) is 6.92 Å². The summed E-state index contributed by atoms with van der Waals surface area (Å²) in [6, 6.07) is 10.1. The van der Waals surface area contributed by atoms with Crippen LogP contribution < -0.4 is 5.73 Å². The molecule has 0 amide bonds. The fourth-order valence-corrected chi connectivity index (χ4v) is 2.12. The summed E-state index contributed by atoms with van der Waals surface area (Å²) in [5.74, 6) is -2.53. The molecule has 0 saturated carbocycles. The molecule has 0 unspecified atom stereocenters. The van der Waals surface area contributed by atoms with Crippen molar-refractivity contribution in [2.45, 2.75) is 19.8 Å². The molecule has 2 rings (SSSR count). The van der Waals surface area contributed by atoms with Gasteiger partial charge in [0.2, 0.25) is 0 Å². The van der Waals surface area contributed by atoms with E-state index in [9.17, 15) is 8.78 Å². The third kappa shape index (κ3) is 2.69. The molecule has 0 saturated heterocycles. The van der Waals surface area contributed by atoms with E-state index in [4.69, 9.17) is 11.1 Å². The molecule has 0 radical (unpaired) electrons. The smallest absolute Gasteiger partial charge is 0.170 e. The Kier molecular flexibility index (Phi) is 4.13. The zero-order valence-electron chi connectivity index (χ0n) is 11.2. The number of nitrogen functional groups attached to an aromatic ring is 1. The molecule has 0 spiro atoms. The first kappa shape index (κ1) is 14.2. The van der Waals surface area contributed by atoms with Crippen LogP contribution in [0.5, 0.6) is 0 Å². The molecule has 2 nitrogen and oxygen atoms in total. The van der Waals surface area contributed by atoms with Gasteiger partial charge in [-0.25, -0.2) is 8.78 Å². The molecule has 0 bridgehead atoms. The van der Waals surface area contributed by atoms with Crippen molar-refractivity contribution in [3.05, 3.63) is 59.2 Å². The second-order valence-electron chi connectivity index (χ2n) is 4.65. The molecule has 20 heavy (non-hydrogen) atoms. The number of benzene rings is 2. The molecule has 2 aromatic carbocycles. The van der Waals surface area contributed by atoms with Gasteiger partial charge < -0.3 is 5.73 Å². The molecule has 4 heteroatoms. The van der Waals surface area contributed by atoms with Gasteiger partial charge in [0.25, 0.3) is 0 Å². The quantitative estimate of drug-likeness (QED) is 0.645. The molecule has 0 heterocycles. The molecule has 0 aliphatic carbocycles. The zero-order valence-corrected chi connectivity index (χ0v) is 11.2. The number of halogens is 2. The summed E-state index contributed by atoms with van der Waals surface area (Å²) >= 11 is 0. The Balaban J connectivity index is 2.43. The van der Waals surface area contributed by atoms with Gasteiger partial charge in [0, 0.05) is 5.56 Å². The lowest BCUT2D eigenvalue weighted by molar-refractivity contribution is 0.509. The third-order valence-corrected chi connectivity index (χ3v) is 3.18. The first-order valence-corrected chi connectivity index (χ1v) is 6.46. The summed E-state index contributed by atoms with van der Waals surface area (Å²) in [5, 5.41) is 7.19. The van der Waals surface area contributed by atoms with E-state index in [1.165, 1.54) is 12.1 Å². The normalized spacial score (nSPS) is 10.6. The van der Waals surface area contributed by atoms with Crippen LogP contribution in [0.15, 0.2) is 36.4 Å². The number of hydrogen-bond acceptors (Lipinski definition) is 1. The van der Waals surface area contributed by atoms with Crippen molar-refractivity contribution in [1.82, 2.24) is 0 Å². The molecule has 104 valence electrons. The molecule has 0 fully saturated rings. The molecule has 2 aromatic rings. The maximum Gasteiger partial charge on any atom is 0.170 e. The summed E-state index contributed by atoms with van der Waals surface area (Å²) < 4.78 is 27.8. The molecule has 0 aliphatic heterocycles. The van der Waals surface area contributed by atoms with Crippen LogP contribution in [-0.2, 0) is 6.42 Å². The fourth-order valence-electron chi connectivity index (χ4n) is 2.12. The molecule has 0 atom stereocenters. The van der Waals surface area contributed by atoms with Crippen LogP contribution in [0.2, 0.25) is 0 Å². The van der Waals surface area contributed by atoms with Gasteiger partial charge in [0.05, 0.1) is 5.56 Å². The minimum absolute atomic E-state index is 0.176. The first-order valence-electron chi connectivity index (χ1n) is 6.46. The van der Waals surface area contributed by atoms with Crippen LogP contribution >= 0.6 is 0 Å². The van der Waals surface area contributed by atoms with E-state index in [0.29, 0.717) is 5.56 Å². The van der Waals surface area contributed by atoms with Gasteiger partial charge in [0.1, 0.15) is 5.84 Å². The standard InChI is InChI=1S/C16H16F2N2/c1-2-3-10-4-6-11(7-5-10)12-8-9-13(16(19)20)15(18)14(12)17/h4-9H,2-3H2,1H3,(H3,19,20). The van der Waals surface area contributed by atoms with E-state index < -0.39 is 17.5 Å². The number of aryl methyl sites for hydroxylation is 1. The highest BCUT2D eigenvalue weighted by Gasteiger charge is 2.16. The fraction of sp³-hybridized carbons (Fsp3) is 0.188. The van der Waals surface area contributed by atoms with Crippen molar-refractivity contribution >= 4 is 5.84 Å². The predicted octanol–water partition coefficient (Wildman–Crippen LogP) is 3.87. The van der Waals surface area contributed by atoms with E-state index in [1.54, 1.807) is 12.1 Å². The molecular formula is C16H16F2N2. The van der Waals surface area contributed by atoms with Gasteiger partial charge in [-0.15, -0.1) is 0 Å². The molecule has 3 N–H and O–H groups in total. The van der Waals surface area contributed by atoms with Crippen molar-refractivity contribution in [3.8, 4) is 11.1 Å². The highest BCUT2D eigenvalue weighted by Crippen LogP contribution is 2.26. The van der Waals surface area contributed by atoms with Crippen LogP contribution in [-0.4, -0.2) is 5.84 Å².